The summed E-state index contributed by atoms with van der Waals surface area (Å²) in [6.45, 7) is 2.13. The first-order chi connectivity index (χ1) is 6.75. The third-order valence-electron chi connectivity index (χ3n) is 1.82. The van der Waals surface area contributed by atoms with Gasteiger partial charge in [-0.2, -0.15) is 0 Å². The van der Waals surface area contributed by atoms with Crippen LogP contribution >= 0.6 is 0 Å². The molecule has 0 spiro atoms. The fourth-order valence-electron chi connectivity index (χ4n) is 1.08. The summed E-state index contributed by atoms with van der Waals surface area (Å²) in [6, 6.07) is 5.50. The van der Waals surface area contributed by atoms with Crippen molar-refractivity contribution in [3.63, 3.8) is 0 Å². The first-order valence-electron chi connectivity index (χ1n) is 4.21. The average molecular weight is 189 g/mol. The standard InChI is InChI=1S/C10H11N3O/c1-8-4-2-5-9(10(8)14)6-3-7-12-13-11/h2-6,14H,7H2,1H3. The van der Waals surface area contributed by atoms with Crippen molar-refractivity contribution < 1.29 is 5.11 Å². The van der Waals surface area contributed by atoms with Crippen LogP contribution in [0.4, 0.5) is 0 Å². The number of azide groups is 1. The van der Waals surface area contributed by atoms with E-state index in [1.54, 1.807) is 18.2 Å². The summed E-state index contributed by atoms with van der Waals surface area (Å²) in [7, 11) is 0. The van der Waals surface area contributed by atoms with Gasteiger partial charge in [0.15, 0.2) is 0 Å². The lowest BCUT2D eigenvalue weighted by Crippen LogP contribution is -1.79. The van der Waals surface area contributed by atoms with E-state index in [0.29, 0.717) is 6.54 Å². The largest absolute Gasteiger partial charge is 0.507 e. The number of hydrogen-bond donors (Lipinski definition) is 1. The lowest BCUT2D eigenvalue weighted by atomic mass is 10.1. The Bertz CT molecular complexity index is 392. The van der Waals surface area contributed by atoms with Crippen molar-refractivity contribution in [3.05, 3.63) is 45.8 Å². The predicted octanol–water partition coefficient (Wildman–Crippen LogP) is 3.02. The minimum absolute atomic E-state index is 0.268. The van der Waals surface area contributed by atoms with Crippen LogP contribution in [-0.2, 0) is 0 Å². The van der Waals surface area contributed by atoms with Crippen LogP contribution < -0.4 is 0 Å². The first-order valence-corrected chi connectivity index (χ1v) is 4.21. The van der Waals surface area contributed by atoms with E-state index in [0.717, 1.165) is 11.1 Å². The quantitative estimate of drug-likeness (QED) is 0.443. The number of benzene rings is 1. The van der Waals surface area contributed by atoms with Crippen LogP contribution in [0.15, 0.2) is 29.4 Å². The summed E-state index contributed by atoms with van der Waals surface area (Å²) in [4.78, 5) is 2.62. The van der Waals surface area contributed by atoms with E-state index in [4.69, 9.17) is 5.53 Å². The fourth-order valence-corrected chi connectivity index (χ4v) is 1.08. The Hall–Kier alpha value is -1.93. The Morgan fingerprint density at radius 3 is 3.07 bits per heavy atom. The Kier molecular flexibility index (Phi) is 3.58. The third kappa shape index (κ3) is 2.54. The molecule has 4 nitrogen and oxygen atoms in total. The SMILES string of the molecule is Cc1cccc(C=CCN=[N+]=[N-])c1O. The van der Waals surface area contributed by atoms with Gasteiger partial charge < -0.3 is 5.11 Å². The number of nitrogens with zero attached hydrogens (tertiary/aromatic N) is 3. The van der Waals surface area contributed by atoms with E-state index in [-0.39, 0.29) is 5.75 Å². The second kappa shape index (κ2) is 4.94. The van der Waals surface area contributed by atoms with E-state index in [1.165, 1.54) is 0 Å². The topological polar surface area (TPSA) is 69.0 Å². The van der Waals surface area contributed by atoms with E-state index in [1.807, 2.05) is 19.1 Å². The van der Waals surface area contributed by atoms with Gasteiger partial charge in [0.25, 0.3) is 0 Å². The van der Waals surface area contributed by atoms with E-state index in [2.05, 4.69) is 10.0 Å². The molecule has 0 aromatic heterocycles. The Morgan fingerprint density at radius 1 is 1.57 bits per heavy atom. The number of rotatable bonds is 3. The molecule has 72 valence electrons. The van der Waals surface area contributed by atoms with Gasteiger partial charge in [0.2, 0.25) is 0 Å². The van der Waals surface area contributed by atoms with Gasteiger partial charge in [-0.1, -0.05) is 35.5 Å². The van der Waals surface area contributed by atoms with Crippen molar-refractivity contribution >= 4 is 6.08 Å². The van der Waals surface area contributed by atoms with Crippen molar-refractivity contribution in [1.29, 1.82) is 0 Å². The monoisotopic (exact) mass is 189 g/mol. The zero-order valence-corrected chi connectivity index (χ0v) is 7.88. The highest BCUT2D eigenvalue weighted by Gasteiger charge is 1.98. The highest BCUT2D eigenvalue weighted by molar-refractivity contribution is 5.59. The van der Waals surface area contributed by atoms with Crippen molar-refractivity contribution in [2.24, 2.45) is 5.11 Å². The summed E-state index contributed by atoms with van der Waals surface area (Å²) in [5.74, 6) is 0.268. The molecule has 0 saturated carbocycles. The van der Waals surface area contributed by atoms with Crippen LogP contribution in [-0.4, -0.2) is 11.7 Å². The maximum atomic E-state index is 9.60. The molecule has 1 N–H and O–H groups in total. The maximum absolute atomic E-state index is 9.60. The van der Waals surface area contributed by atoms with Crippen LogP contribution in [0.5, 0.6) is 5.75 Å². The van der Waals surface area contributed by atoms with Gasteiger partial charge >= 0.3 is 0 Å². The molecule has 0 amide bonds. The maximum Gasteiger partial charge on any atom is 0.125 e. The number of phenolic OH excluding ortho intramolecular Hbond substituents is 1. The molecule has 0 bridgehead atoms. The second-order valence-electron chi connectivity index (χ2n) is 2.83. The molecule has 14 heavy (non-hydrogen) atoms. The third-order valence-corrected chi connectivity index (χ3v) is 1.82. The number of para-hydroxylation sites is 1. The summed E-state index contributed by atoms with van der Waals surface area (Å²) >= 11 is 0. The molecular weight excluding hydrogens is 178 g/mol. The zero-order chi connectivity index (χ0) is 10.4. The lowest BCUT2D eigenvalue weighted by Gasteiger charge is -2.01. The molecule has 0 aliphatic rings. The highest BCUT2D eigenvalue weighted by Crippen LogP contribution is 2.22. The molecule has 4 heteroatoms. The molecule has 0 saturated heterocycles. The molecule has 0 radical (unpaired) electrons. The van der Waals surface area contributed by atoms with Gasteiger partial charge in [0.05, 0.1) is 0 Å². The zero-order valence-electron chi connectivity index (χ0n) is 7.88. The summed E-state index contributed by atoms with van der Waals surface area (Å²) in [6.07, 6.45) is 3.44. The van der Waals surface area contributed by atoms with Gasteiger partial charge in [-0.15, -0.1) is 0 Å². The molecule has 0 unspecified atom stereocenters. The van der Waals surface area contributed by atoms with Gasteiger partial charge in [-0.25, -0.2) is 0 Å². The van der Waals surface area contributed by atoms with Crippen molar-refractivity contribution in [2.75, 3.05) is 6.54 Å². The minimum Gasteiger partial charge on any atom is -0.507 e. The Morgan fingerprint density at radius 2 is 2.36 bits per heavy atom. The van der Waals surface area contributed by atoms with Crippen molar-refractivity contribution in [1.82, 2.24) is 0 Å². The lowest BCUT2D eigenvalue weighted by molar-refractivity contribution is 0.470. The Balaban J connectivity index is 2.81. The molecule has 1 aromatic carbocycles. The van der Waals surface area contributed by atoms with Crippen molar-refractivity contribution in [3.8, 4) is 5.75 Å². The number of aryl methyl sites for hydroxylation is 1. The number of aromatic hydroxyl groups is 1. The number of hydrogen-bond acceptors (Lipinski definition) is 2. The first kappa shape index (κ1) is 10.2. The van der Waals surface area contributed by atoms with E-state index >= 15 is 0 Å². The van der Waals surface area contributed by atoms with Gasteiger partial charge in [-0.05, 0) is 18.0 Å². The molecule has 1 rings (SSSR count). The molecule has 0 fully saturated rings. The average Bonchev–Trinajstić information content (AvgIpc) is 2.19. The normalized spacial score (nSPS) is 10.1. The Labute approximate surface area is 82.1 Å². The minimum atomic E-state index is 0.268. The summed E-state index contributed by atoms with van der Waals surface area (Å²) < 4.78 is 0. The van der Waals surface area contributed by atoms with Crippen molar-refractivity contribution in [2.45, 2.75) is 6.92 Å². The second-order valence-corrected chi connectivity index (χ2v) is 2.83. The summed E-state index contributed by atoms with van der Waals surface area (Å²) in [5.41, 5.74) is 9.60. The molecule has 0 heterocycles. The van der Waals surface area contributed by atoms with E-state index in [9.17, 15) is 5.11 Å². The van der Waals surface area contributed by atoms with Crippen LogP contribution in [0.25, 0.3) is 16.5 Å². The van der Waals surface area contributed by atoms with Crippen LogP contribution in [0, 0.1) is 6.92 Å². The van der Waals surface area contributed by atoms with Crippen LogP contribution in [0.3, 0.4) is 0 Å². The molecular formula is C10H11N3O. The molecule has 0 atom stereocenters. The van der Waals surface area contributed by atoms with Crippen LogP contribution in [0.1, 0.15) is 11.1 Å². The highest BCUT2D eigenvalue weighted by atomic mass is 16.3. The van der Waals surface area contributed by atoms with Gasteiger partial charge in [0.1, 0.15) is 5.75 Å². The van der Waals surface area contributed by atoms with Crippen LogP contribution in [0.2, 0.25) is 0 Å². The summed E-state index contributed by atoms with van der Waals surface area (Å²) in [5, 5.41) is 13.0. The molecule has 0 aliphatic heterocycles. The van der Waals surface area contributed by atoms with Gasteiger partial charge in [-0.3, -0.25) is 0 Å². The molecule has 0 aliphatic carbocycles. The molecule has 1 aromatic rings. The number of phenols is 1. The fraction of sp³-hybridized carbons (Fsp3) is 0.200. The van der Waals surface area contributed by atoms with E-state index < -0.39 is 0 Å². The smallest absolute Gasteiger partial charge is 0.125 e. The predicted molar refractivity (Wildman–Crippen MR) is 55.9 cm³/mol. The van der Waals surface area contributed by atoms with Gasteiger partial charge in [0, 0.05) is 17.0 Å².